The predicted octanol–water partition coefficient (Wildman–Crippen LogP) is 8.38. The molecule has 0 spiro atoms. The second-order valence-corrected chi connectivity index (χ2v) is 9.39. The van der Waals surface area contributed by atoms with Gasteiger partial charge in [0, 0.05) is 16.2 Å². The van der Waals surface area contributed by atoms with Crippen molar-refractivity contribution < 1.29 is 13.0 Å². The molecule has 5 aromatic rings. The number of rotatable bonds is 5. The van der Waals surface area contributed by atoms with Gasteiger partial charge in [0.15, 0.2) is 0 Å². The standard InChI is InChI=1S/C27H20N4O3S/c1-18-11-14-25(23-13-12-20(17-24(18)23)35(32,33)34)30-31-27-16-15-26(21-9-5-6-10-22(21)27)29-28-19-7-3-2-4-8-19/h2-17H,1H3,(H,32,33,34). The lowest BCUT2D eigenvalue weighted by Gasteiger charge is -2.07. The first-order valence-electron chi connectivity index (χ1n) is 10.8. The molecule has 35 heavy (non-hydrogen) atoms. The van der Waals surface area contributed by atoms with Gasteiger partial charge in [0.1, 0.15) is 0 Å². The Kier molecular flexibility index (Phi) is 5.90. The number of benzene rings is 5. The summed E-state index contributed by atoms with van der Waals surface area (Å²) in [6.07, 6.45) is 0. The molecule has 0 aliphatic rings. The summed E-state index contributed by atoms with van der Waals surface area (Å²) >= 11 is 0. The van der Waals surface area contributed by atoms with Crippen LogP contribution in [-0.4, -0.2) is 13.0 Å². The van der Waals surface area contributed by atoms with Gasteiger partial charge in [-0.1, -0.05) is 54.6 Å². The maximum atomic E-state index is 11.6. The highest BCUT2D eigenvalue weighted by molar-refractivity contribution is 7.85. The van der Waals surface area contributed by atoms with E-state index in [-0.39, 0.29) is 4.90 Å². The van der Waals surface area contributed by atoms with Crippen molar-refractivity contribution in [1.82, 2.24) is 0 Å². The van der Waals surface area contributed by atoms with Crippen LogP contribution in [0.2, 0.25) is 0 Å². The molecular weight excluding hydrogens is 460 g/mol. The van der Waals surface area contributed by atoms with Crippen LogP contribution in [0.4, 0.5) is 22.7 Å². The van der Waals surface area contributed by atoms with Crippen LogP contribution in [0.5, 0.6) is 0 Å². The van der Waals surface area contributed by atoms with E-state index < -0.39 is 10.1 Å². The topological polar surface area (TPSA) is 104 Å². The minimum Gasteiger partial charge on any atom is -0.282 e. The van der Waals surface area contributed by atoms with Crippen molar-refractivity contribution in [3.8, 4) is 0 Å². The lowest BCUT2D eigenvalue weighted by Crippen LogP contribution is -1.97. The summed E-state index contributed by atoms with van der Waals surface area (Å²) in [5, 5.41) is 20.9. The van der Waals surface area contributed by atoms with Crippen molar-refractivity contribution >= 4 is 54.4 Å². The maximum Gasteiger partial charge on any atom is 0.294 e. The Morgan fingerprint density at radius 1 is 0.571 bits per heavy atom. The molecule has 1 N–H and O–H groups in total. The third-order valence-electron chi connectivity index (χ3n) is 5.65. The molecule has 0 unspecified atom stereocenters. The SMILES string of the molecule is Cc1ccc(N=Nc2ccc(N=Nc3ccccc3)c3ccccc23)c2ccc(S(=O)(=O)O)cc12. The Morgan fingerprint density at radius 2 is 1.09 bits per heavy atom. The van der Waals surface area contributed by atoms with Crippen LogP contribution in [0.3, 0.4) is 0 Å². The van der Waals surface area contributed by atoms with Gasteiger partial charge < -0.3 is 0 Å². The van der Waals surface area contributed by atoms with Crippen molar-refractivity contribution in [2.24, 2.45) is 20.5 Å². The fourth-order valence-corrected chi connectivity index (χ4v) is 4.37. The lowest BCUT2D eigenvalue weighted by atomic mass is 10.0. The normalized spacial score (nSPS) is 12.3. The molecule has 0 saturated carbocycles. The molecule has 8 heteroatoms. The first-order valence-corrected chi connectivity index (χ1v) is 12.3. The summed E-state index contributed by atoms with van der Waals surface area (Å²) in [6, 6.07) is 29.1. The highest BCUT2D eigenvalue weighted by atomic mass is 32.2. The highest BCUT2D eigenvalue weighted by Gasteiger charge is 2.13. The second kappa shape index (κ2) is 9.17. The molecule has 0 aliphatic heterocycles. The van der Waals surface area contributed by atoms with Crippen LogP contribution in [0.15, 0.2) is 122 Å². The summed E-state index contributed by atoms with van der Waals surface area (Å²) in [5.41, 5.74) is 3.61. The fraction of sp³-hybridized carbons (Fsp3) is 0.0370. The van der Waals surface area contributed by atoms with E-state index in [4.69, 9.17) is 0 Å². The Morgan fingerprint density at radius 3 is 1.69 bits per heavy atom. The fourth-order valence-electron chi connectivity index (χ4n) is 3.86. The molecule has 5 aromatic carbocycles. The minimum absolute atomic E-state index is 0.159. The number of azo groups is 2. The summed E-state index contributed by atoms with van der Waals surface area (Å²) in [6.45, 7) is 1.87. The number of aryl methyl sites for hydroxylation is 1. The number of nitrogens with zero attached hydrogens (tertiary/aromatic N) is 4. The van der Waals surface area contributed by atoms with Gasteiger partial charge in [0.05, 0.1) is 27.6 Å². The molecule has 0 heterocycles. The Hall–Kier alpha value is -4.27. The van der Waals surface area contributed by atoms with E-state index in [0.717, 1.165) is 33.1 Å². The largest absolute Gasteiger partial charge is 0.294 e. The number of hydrogen-bond donors (Lipinski definition) is 1. The molecule has 0 saturated heterocycles. The summed E-state index contributed by atoms with van der Waals surface area (Å²) in [7, 11) is -4.30. The molecule has 0 radical (unpaired) electrons. The van der Waals surface area contributed by atoms with Crippen LogP contribution in [-0.2, 0) is 10.1 Å². The average molecular weight is 481 g/mol. The second-order valence-electron chi connectivity index (χ2n) is 7.97. The van der Waals surface area contributed by atoms with E-state index in [9.17, 15) is 13.0 Å². The zero-order valence-corrected chi connectivity index (χ0v) is 19.5. The van der Waals surface area contributed by atoms with Gasteiger partial charge in [0.2, 0.25) is 0 Å². The Bertz CT molecular complexity index is 1730. The van der Waals surface area contributed by atoms with Crippen LogP contribution >= 0.6 is 0 Å². The quantitative estimate of drug-likeness (QED) is 0.202. The molecule has 0 amide bonds. The van der Waals surface area contributed by atoms with Crippen LogP contribution in [0.1, 0.15) is 5.56 Å². The maximum absolute atomic E-state index is 11.6. The number of hydrogen-bond acceptors (Lipinski definition) is 6. The first kappa shape index (κ1) is 22.5. The van der Waals surface area contributed by atoms with E-state index >= 15 is 0 Å². The molecular formula is C27H20N4O3S. The van der Waals surface area contributed by atoms with Gasteiger partial charge in [-0.05, 0) is 60.3 Å². The van der Waals surface area contributed by atoms with Gasteiger partial charge in [-0.3, -0.25) is 4.55 Å². The first-order chi connectivity index (χ1) is 16.9. The van der Waals surface area contributed by atoms with Gasteiger partial charge in [-0.25, -0.2) is 0 Å². The average Bonchev–Trinajstić information content (AvgIpc) is 2.87. The van der Waals surface area contributed by atoms with Crippen molar-refractivity contribution in [3.05, 3.63) is 103 Å². The van der Waals surface area contributed by atoms with Crippen LogP contribution in [0.25, 0.3) is 21.5 Å². The van der Waals surface area contributed by atoms with E-state index in [1.165, 1.54) is 12.1 Å². The molecule has 7 nitrogen and oxygen atoms in total. The van der Waals surface area contributed by atoms with Gasteiger partial charge in [0.25, 0.3) is 10.1 Å². The van der Waals surface area contributed by atoms with Crippen molar-refractivity contribution in [2.45, 2.75) is 11.8 Å². The van der Waals surface area contributed by atoms with E-state index in [2.05, 4.69) is 20.5 Å². The summed E-state index contributed by atoms with van der Waals surface area (Å²) < 4.78 is 32.5. The zero-order valence-electron chi connectivity index (χ0n) is 18.7. The smallest absolute Gasteiger partial charge is 0.282 e. The molecule has 0 aromatic heterocycles. The Balaban J connectivity index is 1.55. The summed E-state index contributed by atoms with van der Waals surface area (Å²) in [5.74, 6) is 0. The van der Waals surface area contributed by atoms with Crippen molar-refractivity contribution in [3.63, 3.8) is 0 Å². The van der Waals surface area contributed by atoms with Gasteiger partial charge in [-0.2, -0.15) is 13.5 Å². The third-order valence-corrected chi connectivity index (χ3v) is 6.50. The van der Waals surface area contributed by atoms with Crippen molar-refractivity contribution in [2.75, 3.05) is 0 Å². The van der Waals surface area contributed by atoms with E-state index in [1.807, 2.05) is 85.8 Å². The summed E-state index contributed by atoms with van der Waals surface area (Å²) in [4.78, 5) is -0.159. The third kappa shape index (κ3) is 4.70. The molecule has 0 bridgehead atoms. The van der Waals surface area contributed by atoms with Crippen LogP contribution < -0.4 is 0 Å². The van der Waals surface area contributed by atoms with Crippen molar-refractivity contribution in [1.29, 1.82) is 0 Å². The van der Waals surface area contributed by atoms with Gasteiger partial charge in [-0.15, -0.1) is 15.3 Å². The lowest BCUT2D eigenvalue weighted by molar-refractivity contribution is 0.483. The van der Waals surface area contributed by atoms with Crippen LogP contribution in [0, 0.1) is 6.92 Å². The molecule has 0 aliphatic carbocycles. The predicted molar refractivity (Wildman–Crippen MR) is 137 cm³/mol. The number of fused-ring (bicyclic) bond motifs is 2. The molecule has 5 rings (SSSR count). The van der Waals surface area contributed by atoms with E-state index in [1.54, 1.807) is 6.07 Å². The monoisotopic (exact) mass is 480 g/mol. The zero-order chi connectivity index (χ0) is 24.4. The molecule has 172 valence electrons. The van der Waals surface area contributed by atoms with Gasteiger partial charge >= 0.3 is 0 Å². The minimum atomic E-state index is -4.30. The Labute approximate surface area is 202 Å². The van der Waals surface area contributed by atoms with E-state index in [0.29, 0.717) is 16.8 Å². The molecule has 0 fully saturated rings. The molecule has 0 atom stereocenters. The highest BCUT2D eigenvalue weighted by Crippen LogP contribution is 2.36.